The van der Waals surface area contributed by atoms with Gasteiger partial charge < -0.3 is 4.42 Å². The highest BCUT2D eigenvalue weighted by Crippen LogP contribution is 2.24. The zero-order valence-corrected chi connectivity index (χ0v) is 7.77. The number of hydrogen-bond donors (Lipinski definition) is 0. The van der Waals surface area contributed by atoms with E-state index in [1.165, 1.54) is 0 Å². The molecule has 0 spiro atoms. The van der Waals surface area contributed by atoms with Gasteiger partial charge in [0.1, 0.15) is 11.1 Å². The van der Waals surface area contributed by atoms with Crippen LogP contribution >= 0.6 is 11.6 Å². The summed E-state index contributed by atoms with van der Waals surface area (Å²) < 4.78 is 5.32. The van der Waals surface area contributed by atoms with Crippen molar-refractivity contribution in [2.24, 2.45) is 0 Å². The molecule has 0 bridgehead atoms. The Morgan fingerprint density at radius 1 is 1.55 bits per heavy atom. The summed E-state index contributed by atoms with van der Waals surface area (Å²) in [6.07, 6.45) is 0.848. The Bertz CT molecular complexity index is 225. The van der Waals surface area contributed by atoms with Gasteiger partial charge in [0.2, 0.25) is 5.89 Å². The van der Waals surface area contributed by atoms with Crippen LogP contribution in [0.3, 0.4) is 0 Å². The largest absolute Gasteiger partial charge is 0.444 e. The molecular formula is C8H12ClNO. The van der Waals surface area contributed by atoms with Crippen LogP contribution in [-0.4, -0.2) is 4.98 Å². The number of alkyl halides is 1. The average molecular weight is 174 g/mol. The molecule has 0 saturated heterocycles. The first-order valence-electron chi connectivity index (χ1n) is 3.73. The number of nitrogens with zero attached hydrogens (tertiary/aromatic N) is 1. The number of oxazole rings is 1. The fraction of sp³-hybridized carbons (Fsp3) is 0.625. The maximum atomic E-state index is 5.92. The van der Waals surface area contributed by atoms with Crippen molar-refractivity contribution in [3.05, 3.63) is 17.3 Å². The number of rotatable bonds is 2. The summed E-state index contributed by atoms with van der Waals surface area (Å²) in [5.74, 6) is 1.50. The van der Waals surface area contributed by atoms with Gasteiger partial charge in [0, 0.05) is 0 Å². The van der Waals surface area contributed by atoms with Crippen molar-refractivity contribution in [3.63, 3.8) is 0 Å². The van der Waals surface area contributed by atoms with Gasteiger partial charge in [-0.1, -0.05) is 6.92 Å². The molecule has 0 fully saturated rings. The van der Waals surface area contributed by atoms with Gasteiger partial charge in [-0.2, -0.15) is 0 Å². The van der Waals surface area contributed by atoms with Crippen LogP contribution < -0.4 is 0 Å². The summed E-state index contributed by atoms with van der Waals surface area (Å²) in [4.78, 5) is 4.18. The average Bonchev–Trinajstić information content (AvgIpc) is 2.31. The minimum atomic E-state index is -0.0811. The number of hydrogen-bond acceptors (Lipinski definition) is 2. The molecule has 1 unspecified atom stereocenters. The van der Waals surface area contributed by atoms with Crippen LogP contribution in [0.15, 0.2) is 4.42 Å². The fourth-order valence-electron chi connectivity index (χ4n) is 0.806. The Kier molecular flexibility index (Phi) is 2.55. The maximum Gasteiger partial charge on any atom is 0.212 e. The van der Waals surface area contributed by atoms with Crippen molar-refractivity contribution in [2.45, 2.75) is 32.6 Å². The molecule has 0 N–H and O–H groups in total. The molecule has 3 heteroatoms. The van der Waals surface area contributed by atoms with Gasteiger partial charge in [0.15, 0.2) is 0 Å². The highest BCUT2D eigenvalue weighted by atomic mass is 35.5. The molecule has 1 rings (SSSR count). The van der Waals surface area contributed by atoms with E-state index in [2.05, 4.69) is 4.98 Å². The van der Waals surface area contributed by atoms with Crippen LogP contribution in [0.5, 0.6) is 0 Å². The van der Waals surface area contributed by atoms with Crippen molar-refractivity contribution >= 4 is 11.6 Å². The number of aryl methyl sites for hydroxylation is 2. The molecule has 62 valence electrons. The highest BCUT2D eigenvalue weighted by Gasteiger charge is 2.12. The normalized spacial score (nSPS) is 13.5. The van der Waals surface area contributed by atoms with Crippen LogP contribution in [0.4, 0.5) is 0 Å². The molecule has 1 aromatic rings. The molecule has 1 atom stereocenters. The first-order valence-corrected chi connectivity index (χ1v) is 4.16. The van der Waals surface area contributed by atoms with Crippen LogP contribution in [-0.2, 0) is 0 Å². The third-order valence-corrected chi connectivity index (χ3v) is 2.17. The molecule has 1 aromatic heterocycles. The summed E-state index contributed by atoms with van der Waals surface area (Å²) in [5.41, 5.74) is 0.930. The molecule has 0 aliphatic rings. The summed E-state index contributed by atoms with van der Waals surface area (Å²) in [7, 11) is 0. The third kappa shape index (κ3) is 1.74. The smallest absolute Gasteiger partial charge is 0.212 e. The second-order valence-corrected chi connectivity index (χ2v) is 3.10. The summed E-state index contributed by atoms with van der Waals surface area (Å²) >= 11 is 5.92. The Balaban J connectivity index is 2.88. The summed E-state index contributed by atoms with van der Waals surface area (Å²) in [6, 6.07) is 0. The second kappa shape index (κ2) is 3.26. The van der Waals surface area contributed by atoms with Crippen LogP contribution in [0.2, 0.25) is 0 Å². The Labute approximate surface area is 71.6 Å². The molecule has 0 aliphatic heterocycles. The molecule has 0 amide bonds. The lowest BCUT2D eigenvalue weighted by molar-refractivity contribution is 0.462. The lowest BCUT2D eigenvalue weighted by Gasteiger charge is -1.97. The standard InChI is InChI=1S/C8H12ClNO/c1-4-7(9)8-10-5(2)6(3)11-8/h7H,4H2,1-3H3. The van der Waals surface area contributed by atoms with Crippen molar-refractivity contribution in [1.82, 2.24) is 4.98 Å². The van der Waals surface area contributed by atoms with Gasteiger partial charge in [-0.3, -0.25) is 0 Å². The Morgan fingerprint density at radius 3 is 2.55 bits per heavy atom. The zero-order chi connectivity index (χ0) is 8.43. The van der Waals surface area contributed by atoms with E-state index in [0.29, 0.717) is 5.89 Å². The van der Waals surface area contributed by atoms with Gasteiger partial charge in [0.05, 0.1) is 5.69 Å². The van der Waals surface area contributed by atoms with E-state index in [9.17, 15) is 0 Å². The van der Waals surface area contributed by atoms with Gasteiger partial charge in [-0.05, 0) is 20.3 Å². The topological polar surface area (TPSA) is 26.0 Å². The van der Waals surface area contributed by atoms with Gasteiger partial charge in [-0.15, -0.1) is 11.6 Å². The second-order valence-electron chi connectivity index (χ2n) is 2.57. The van der Waals surface area contributed by atoms with Crippen molar-refractivity contribution < 1.29 is 4.42 Å². The highest BCUT2D eigenvalue weighted by molar-refractivity contribution is 6.20. The molecule has 0 saturated carbocycles. The summed E-state index contributed by atoms with van der Waals surface area (Å²) in [5, 5.41) is -0.0811. The fourth-order valence-corrected chi connectivity index (χ4v) is 0.899. The SMILES string of the molecule is CCC(Cl)c1nc(C)c(C)o1. The lowest BCUT2D eigenvalue weighted by Crippen LogP contribution is -1.87. The van der Waals surface area contributed by atoms with E-state index in [1.54, 1.807) is 0 Å². The van der Waals surface area contributed by atoms with Gasteiger partial charge >= 0.3 is 0 Å². The van der Waals surface area contributed by atoms with E-state index >= 15 is 0 Å². The minimum Gasteiger partial charge on any atom is -0.444 e. The van der Waals surface area contributed by atoms with E-state index in [0.717, 1.165) is 17.9 Å². The third-order valence-electron chi connectivity index (χ3n) is 1.67. The van der Waals surface area contributed by atoms with E-state index in [4.69, 9.17) is 16.0 Å². The zero-order valence-electron chi connectivity index (χ0n) is 7.02. The quantitative estimate of drug-likeness (QED) is 0.643. The van der Waals surface area contributed by atoms with Gasteiger partial charge in [0.25, 0.3) is 0 Å². The molecule has 1 heterocycles. The van der Waals surface area contributed by atoms with E-state index in [1.807, 2.05) is 20.8 Å². The summed E-state index contributed by atoms with van der Waals surface area (Å²) in [6.45, 7) is 5.82. The minimum absolute atomic E-state index is 0.0811. The Hall–Kier alpha value is -0.500. The number of aromatic nitrogens is 1. The van der Waals surface area contributed by atoms with Crippen LogP contribution in [0.25, 0.3) is 0 Å². The molecular weight excluding hydrogens is 162 g/mol. The van der Waals surface area contributed by atoms with Crippen molar-refractivity contribution in [2.75, 3.05) is 0 Å². The van der Waals surface area contributed by atoms with Gasteiger partial charge in [-0.25, -0.2) is 4.98 Å². The van der Waals surface area contributed by atoms with Crippen molar-refractivity contribution in [1.29, 1.82) is 0 Å². The predicted molar refractivity (Wildman–Crippen MR) is 44.9 cm³/mol. The first-order chi connectivity index (χ1) is 5.15. The monoisotopic (exact) mass is 173 g/mol. The molecule has 0 aliphatic carbocycles. The molecule has 0 aromatic carbocycles. The maximum absolute atomic E-state index is 5.92. The molecule has 0 radical (unpaired) electrons. The lowest BCUT2D eigenvalue weighted by atomic mass is 10.3. The van der Waals surface area contributed by atoms with Crippen LogP contribution in [0.1, 0.15) is 36.1 Å². The predicted octanol–water partition coefficient (Wildman–Crippen LogP) is 2.98. The number of halogens is 1. The van der Waals surface area contributed by atoms with E-state index < -0.39 is 0 Å². The Morgan fingerprint density at radius 2 is 2.18 bits per heavy atom. The molecule has 2 nitrogen and oxygen atoms in total. The van der Waals surface area contributed by atoms with Crippen LogP contribution in [0, 0.1) is 13.8 Å². The van der Waals surface area contributed by atoms with Crippen molar-refractivity contribution in [3.8, 4) is 0 Å². The van der Waals surface area contributed by atoms with E-state index in [-0.39, 0.29) is 5.38 Å². The first kappa shape index (κ1) is 8.60. The molecule has 11 heavy (non-hydrogen) atoms.